The predicted octanol–water partition coefficient (Wildman–Crippen LogP) is 1.80. The van der Waals surface area contributed by atoms with Crippen LogP contribution in [0.2, 0.25) is 0 Å². The van der Waals surface area contributed by atoms with Gasteiger partial charge in [-0.05, 0) is 24.6 Å². The molecular weight excluding hydrogens is 140 g/mol. The summed E-state index contributed by atoms with van der Waals surface area (Å²) in [7, 11) is 0. The van der Waals surface area contributed by atoms with E-state index in [0.29, 0.717) is 0 Å². The second-order valence-corrected chi connectivity index (χ2v) is 1.64. The Morgan fingerprint density at radius 2 is 2.33 bits per heavy atom. The Labute approximate surface area is 58.8 Å². The van der Waals surface area contributed by atoms with Crippen LogP contribution >= 0.6 is 11.6 Å². The minimum Gasteiger partial charge on any atom is -0.407 e. The molecule has 0 rings (SSSR count). The van der Waals surface area contributed by atoms with Gasteiger partial charge in [-0.2, -0.15) is 0 Å². The molecule has 0 aliphatic heterocycles. The maximum Gasteiger partial charge on any atom is 0.309 e. The summed E-state index contributed by atoms with van der Waals surface area (Å²) < 4.78 is 4.39. The Morgan fingerprint density at radius 3 is 2.67 bits per heavy atom. The van der Waals surface area contributed by atoms with E-state index in [2.05, 4.69) is 10.5 Å². The summed E-state index contributed by atoms with van der Waals surface area (Å²) >= 11 is 5.31. The van der Waals surface area contributed by atoms with Crippen molar-refractivity contribution < 1.29 is 9.53 Å². The van der Waals surface area contributed by atoms with Gasteiger partial charge < -0.3 is 4.74 Å². The molecule has 0 radical (unpaired) electrons. The van der Waals surface area contributed by atoms with Crippen LogP contribution in [0.15, 0.2) is 17.0 Å². The second-order valence-electron chi connectivity index (χ2n) is 1.30. The molecule has 0 amide bonds. The first-order chi connectivity index (χ1) is 4.16. The molecule has 0 aromatic carbocycles. The average Bonchev–Trinajstić information content (AvgIpc) is 1.63. The quantitative estimate of drug-likeness (QED) is 0.320. The largest absolute Gasteiger partial charge is 0.407 e. The molecule has 0 unspecified atom stereocenters. The van der Waals surface area contributed by atoms with Gasteiger partial charge in [0.2, 0.25) is 5.22 Å². The number of hydrogen-bond acceptors (Lipinski definition) is 2. The molecule has 0 N–H and O–H groups in total. The highest BCUT2D eigenvalue weighted by molar-refractivity contribution is 6.28. The number of halogens is 1. The van der Waals surface area contributed by atoms with Crippen LogP contribution in [-0.4, -0.2) is 5.97 Å². The highest BCUT2D eigenvalue weighted by atomic mass is 35.5. The van der Waals surface area contributed by atoms with Crippen molar-refractivity contribution >= 4 is 17.6 Å². The lowest BCUT2D eigenvalue weighted by atomic mass is 10.7. The minimum absolute atomic E-state index is 0.0231. The molecule has 0 aromatic heterocycles. The van der Waals surface area contributed by atoms with Gasteiger partial charge in [0, 0.05) is 6.92 Å². The van der Waals surface area contributed by atoms with Crippen molar-refractivity contribution in [3.63, 3.8) is 0 Å². The third-order valence-electron chi connectivity index (χ3n) is 0.491. The SMILES string of the molecule is CC=C=C(Cl)OC(C)=O. The molecule has 0 saturated carbocycles. The Balaban J connectivity index is 3.92. The van der Waals surface area contributed by atoms with Crippen LogP contribution in [0.4, 0.5) is 0 Å². The predicted molar refractivity (Wildman–Crippen MR) is 34.9 cm³/mol. The first kappa shape index (κ1) is 8.28. The van der Waals surface area contributed by atoms with E-state index < -0.39 is 5.97 Å². The van der Waals surface area contributed by atoms with E-state index in [4.69, 9.17) is 11.6 Å². The van der Waals surface area contributed by atoms with Crippen LogP contribution in [0.25, 0.3) is 0 Å². The number of ether oxygens (including phenoxy) is 1. The van der Waals surface area contributed by atoms with Gasteiger partial charge >= 0.3 is 5.97 Å². The van der Waals surface area contributed by atoms with E-state index in [-0.39, 0.29) is 5.22 Å². The van der Waals surface area contributed by atoms with Gasteiger partial charge in [-0.3, -0.25) is 4.79 Å². The minimum atomic E-state index is -0.436. The Kier molecular flexibility index (Phi) is 3.85. The van der Waals surface area contributed by atoms with Crippen molar-refractivity contribution in [3.8, 4) is 0 Å². The normalized spacial score (nSPS) is 7.44. The zero-order chi connectivity index (χ0) is 7.28. The number of allylic oxidation sites excluding steroid dienone is 1. The lowest BCUT2D eigenvalue weighted by Crippen LogP contribution is -1.92. The highest BCUT2D eigenvalue weighted by Gasteiger charge is 1.93. The maximum atomic E-state index is 10.1. The van der Waals surface area contributed by atoms with Gasteiger partial charge in [0.05, 0.1) is 0 Å². The van der Waals surface area contributed by atoms with Crippen LogP contribution in [0.3, 0.4) is 0 Å². The van der Waals surface area contributed by atoms with Crippen molar-refractivity contribution in [1.29, 1.82) is 0 Å². The van der Waals surface area contributed by atoms with E-state index in [1.165, 1.54) is 6.92 Å². The molecular formula is C6H7ClO2. The van der Waals surface area contributed by atoms with Crippen molar-refractivity contribution in [1.82, 2.24) is 0 Å². The summed E-state index contributed by atoms with van der Waals surface area (Å²) in [5, 5.41) is -0.0231. The smallest absolute Gasteiger partial charge is 0.309 e. The van der Waals surface area contributed by atoms with Gasteiger partial charge in [-0.25, -0.2) is 0 Å². The number of esters is 1. The monoisotopic (exact) mass is 146 g/mol. The molecule has 0 bridgehead atoms. The molecule has 0 aromatic rings. The third kappa shape index (κ3) is 5.15. The van der Waals surface area contributed by atoms with Crippen molar-refractivity contribution in [2.24, 2.45) is 0 Å². The number of hydrogen-bond donors (Lipinski definition) is 0. The summed E-state index contributed by atoms with van der Waals surface area (Å²) in [6, 6.07) is 0. The van der Waals surface area contributed by atoms with E-state index in [9.17, 15) is 4.79 Å². The highest BCUT2D eigenvalue weighted by Crippen LogP contribution is 1.99. The molecule has 0 atom stereocenters. The second kappa shape index (κ2) is 4.19. The zero-order valence-electron chi connectivity index (χ0n) is 5.27. The zero-order valence-corrected chi connectivity index (χ0v) is 6.03. The number of carbonyl (C=O) groups is 1. The maximum absolute atomic E-state index is 10.1. The molecule has 0 heterocycles. The van der Waals surface area contributed by atoms with Crippen LogP contribution < -0.4 is 0 Å². The number of carbonyl (C=O) groups excluding carboxylic acids is 1. The topological polar surface area (TPSA) is 26.3 Å². The molecule has 9 heavy (non-hydrogen) atoms. The first-order valence-corrected chi connectivity index (χ1v) is 2.80. The first-order valence-electron chi connectivity index (χ1n) is 2.42. The molecule has 0 fully saturated rings. The molecule has 0 spiro atoms. The van der Waals surface area contributed by atoms with Gasteiger partial charge in [-0.1, -0.05) is 5.73 Å². The van der Waals surface area contributed by atoms with Gasteiger partial charge in [0.15, 0.2) is 0 Å². The van der Waals surface area contributed by atoms with Crippen LogP contribution in [-0.2, 0) is 9.53 Å². The molecule has 50 valence electrons. The standard InChI is InChI=1S/C6H7ClO2/c1-3-4-6(7)9-5(2)8/h3H,1-2H3. The van der Waals surface area contributed by atoms with Crippen LogP contribution in [0.1, 0.15) is 13.8 Å². The van der Waals surface area contributed by atoms with Crippen LogP contribution in [0.5, 0.6) is 0 Å². The van der Waals surface area contributed by atoms with Gasteiger partial charge in [-0.15, -0.1) is 0 Å². The third-order valence-corrected chi connectivity index (χ3v) is 0.677. The van der Waals surface area contributed by atoms with Crippen molar-refractivity contribution in [2.45, 2.75) is 13.8 Å². The average molecular weight is 147 g/mol. The van der Waals surface area contributed by atoms with E-state index in [0.717, 1.165) is 0 Å². The fourth-order valence-electron chi connectivity index (χ4n) is 0.269. The Bertz CT molecular complexity index is 166. The fraction of sp³-hybridized carbons (Fsp3) is 0.333. The fourth-order valence-corrected chi connectivity index (χ4v) is 0.487. The van der Waals surface area contributed by atoms with E-state index in [1.54, 1.807) is 13.0 Å². The summed E-state index contributed by atoms with van der Waals surface area (Å²) in [5.74, 6) is -0.436. The molecule has 2 nitrogen and oxygen atoms in total. The van der Waals surface area contributed by atoms with Gasteiger partial charge in [0.1, 0.15) is 0 Å². The molecule has 3 heteroatoms. The summed E-state index contributed by atoms with van der Waals surface area (Å²) in [4.78, 5) is 10.1. The molecule has 0 aliphatic carbocycles. The lowest BCUT2D eigenvalue weighted by Gasteiger charge is -1.91. The summed E-state index contributed by atoms with van der Waals surface area (Å²) in [6.45, 7) is 3.01. The van der Waals surface area contributed by atoms with Crippen LogP contribution in [0, 0.1) is 0 Å². The number of rotatable bonds is 1. The Morgan fingerprint density at radius 1 is 1.78 bits per heavy atom. The van der Waals surface area contributed by atoms with E-state index >= 15 is 0 Å². The lowest BCUT2D eigenvalue weighted by molar-refractivity contribution is -0.135. The van der Waals surface area contributed by atoms with Gasteiger partial charge in [0.25, 0.3) is 0 Å². The van der Waals surface area contributed by atoms with Crippen molar-refractivity contribution in [2.75, 3.05) is 0 Å². The molecule has 0 saturated heterocycles. The van der Waals surface area contributed by atoms with Crippen molar-refractivity contribution in [3.05, 3.63) is 17.0 Å². The summed E-state index contributed by atoms with van der Waals surface area (Å²) in [5.41, 5.74) is 2.49. The summed E-state index contributed by atoms with van der Waals surface area (Å²) in [6.07, 6.45) is 1.56. The molecule has 0 aliphatic rings. The Hall–Kier alpha value is -0.720. The van der Waals surface area contributed by atoms with E-state index in [1.807, 2.05) is 0 Å².